The van der Waals surface area contributed by atoms with Crippen molar-refractivity contribution in [3.8, 4) is 5.75 Å². The van der Waals surface area contributed by atoms with Crippen molar-refractivity contribution in [2.45, 2.75) is 89.5 Å². The summed E-state index contributed by atoms with van der Waals surface area (Å²) in [7, 11) is 0. The van der Waals surface area contributed by atoms with Crippen molar-refractivity contribution in [3.63, 3.8) is 0 Å². The minimum Gasteiger partial charge on any atom is -0.493 e. The Bertz CT molecular complexity index is 1360. The molecule has 2 saturated carbocycles. The van der Waals surface area contributed by atoms with Crippen LogP contribution in [0.2, 0.25) is 0 Å². The fraction of sp³-hybridized carbons (Fsp3) is 0.529. The van der Waals surface area contributed by atoms with Gasteiger partial charge in [-0.3, -0.25) is 0 Å². The van der Waals surface area contributed by atoms with Crippen LogP contribution in [0.15, 0.2) is 48.5 Å². The molecule has 2 aliphatic rings. The maximum Gasteiger partial charge on any atom is 0.527 e. The fourth-order valence-electron chi connectivity index (χ4n) is 7.08. The molecule has 0 saturated heterocycles. The van der Waals surface area contributed by atoms with Gasteiger partial charge in [-0.25, -0.2) is 13.5 Å². The van der Waals surface area contributed by atoms with Gasteiger partial charge in [0.1, 0.15) is 22.9 Å². The van der Waals surface area contributed by atoms with E-state index in [-0.39, 0.29) is 18.3 Å². The Morgan fingerprint density at radius 2 is 1.30 bits per heavy atom. The summed E-state index contributed by atoms with van der Waals surface area (Å²) in [6.45, 7) is 2.34. The summed E-state index contributed by atoms with van der Waals surface area (Å²) in [4.78, 5) is 0. The second-order valence-corrected chi connectivity index (χ2v) is 12.2. The molecule has 43 heavy (non-hydrogen) atoms. The van der Waals surface area contributed by atoms with Crippen LogP contribution in [0.1, 0.15) is 87.3 Å². The molecule has 3 aromatic rings. The highest BCUT2D eigenvalue weighted by Crippen LogP contribution is 2.45. The summed E-state index contributed by atoms with van der Waals surface area (Å²) < 4.78 is 101. The Morgan fingerprint density at radius 3 is 1.91 bits per heavy atom. The quantitative estimate of drug-likeness (QED) is 0.225. The molecule has 0 N–H and O–H groups in total. The highest BCUT2D eigenvalue weighted by Gasteiger charge is 2.49. The highest BCUT2D eigenvalue weighted by molar-refractivity contribution is 5.84. The molecule has 0 atom stereocenters. The second kappa shape index (κ2) is 13.0. The Balaban J connectivity index is 1.09. The average molecular weight is 611 g/mol. The lowest BCUT2D eigenvalue weighted by molar-refractivity contribution is -0.432. The van der Waals surface area contributed by atoms with Crippen molar-refractivity contribution in [2.75, 3.05) is 6.61 Å². The number of alkyl halides is 5. The normalized spacial score (nSPS) is 23.4. The van der Waals surface area contributed by atoms with Crippen molar-refractivity contribution >= 4 is 10.8 Å². The average Bonchev–Trinajstić information content (AvgIpc) is 2.94. The molecule has 0 bridgehead atoms. The van der Waals surface area contributed by atoms with Crippen LogP contribution in [-0.4, -0.2) is 13.0 Å². The molecular weight excluding hydrogens is 573 g/mol. The van der Waals surface area contributed by atoms with Crippen molar-refractivity contribution in [2.24, 2.45) is 17.8 Å². The monoisotopic (exact) mass is 610 g/mol. The predicted octanol–water partition coefficient (Wildman–Crippen LogP) is 10.8. The van der Waals surface area contributed by atoms with Gasteiger partial charge < -0.3 is 4.74 Å². The third kappa shape index (κ3) is 7.83. The lowest BCUT2D eigenvalue weighted by Crippen LogP contribution is -2.29. The summed E-state index contributed by atoms with van der Waals surface area (Å²) in [5, 5.41) is 2.60. The minimum absolute atomic E-state index is 0.142. The van der Waals surface area contributed by atoms with E-state index in [4.69, 9.17) is 4.74 Å². The molecule has 3 aromatic carbocycles. The third-order valence-electron chi connectivity index (χ3n) is 9.30. The number of hydrogen-bond donors (Lipinski definition) is 0. The van der Waals surface area contributed by atoms with Crippen molar-refractivity contribution in [1.29, 1.82) is 0 Å². The first-order chi connectivity index (χ1) is 20.4. The van der Waals surface area contributed by atoms with Gasteiger partial charge in [0.2, 0.25) is 0 Å². The molecular formula is C34H37F7O2. The molecule has 5 rings (SSSR count). The van der Waals surface area contributed by atoms with E-state index in [1.165, 1.54) is 47.6 Å². The van der Waals surface area contributed by atoms with Crippen molar-refractivity contribution < 1.29 is 40.2 Å². The largest absolute Gasteiger partial charge is 0.527 e. The zero-order valence-electron chi connectivity index (χ0n) is 24.2. The minimum atomic E-state index is -5.77. The van der Waals surface area contributed by atoms with Crippen molar-refractivity contribution in [3.05, 3.63) is 76.9 Å². The first-order valence-corrected chi connectivity index (χ1v) is 15.2. The highest BCUT2D eigenvalue weighted by atomic mass is 19.4. The van der Waals surface area contributed by atoms with E-state index in [1.54, 1.807) is 0 Å². The molecule has 0 spiro atoms. The molecule has 2 aliphatic carbocycles. The van der Waals surface area contributed by atoms with Gasteiger partial charge in [0.15, 0.2) is 0 Å². The zero-order valence-corrected chi connectivity index (χ0v) is 24.2. The van der Waals surface area contributed by atoms with E-state index in [9.17, 15) is 30.7 Å². The Hall–Kier alpha value is -2.81. The van der Waals surface area contributed by atoms with Crippen LogP contribution in [0.25, 0.3) is 10.8 Å². The van der Waals surface area contributed by atoms with Crippen LogP contribution in [0.5, 0.6) is 5.75 Å². The van der Waals surface area contributed by atoms with Crippen LogP contribution in [0, 0.1) is 29.4 Å². The summed E-state index contributed by atoms with van der Waals surface area (Å²) in [6, 6.07) is 14.6. The molecule has 0 radical (unpaired) electrons. The summed E-state index contributed by atoms with van der Waals surface area (Å²) in [5.41, 5.74) is 0.703. The maximum atomic E-state index is 14.2. The van der Waals surface area contributed by atoms with Gasteiger partial charge in [-0.1, -0.05) is 49.7 Å². The van der Waals surface area contributed by atoms with E-state index >= 15 is 0 Å². The van der Waals surface area contributed by atoms with Crippen LogP contribution in [0.3, 0.4) is 0 Å². The van der Waals surface area contributed by atoms with Gasteiger partial charge in [0, 0.05) is 12.1 Å². The molecule has 0 unspecified atom stereocenters. The summed E-state index contributed by atoms with van der Waals surface area (Å²) >= 11 is 0. The zero-order chi connectivity index (χ0) is 30.8. The summed E-state index contributed by atoms with van der Waals surface area (Å²) in [5.74, 6) is -2.07. The lowest BCUT2D eigenvalue weighted by atomic mass is 9.68. The second-order valence-electron chi connectivity index (χ2n) is 12.2. The van der Waals surface area contributed by atoms with Gasteiger partial charge in [-0.15, -0.1) is 13.2 Å². The van der Waals surface area contributed by atoms with Gasteiger partial charge >= 0.3 is 12.5 Å². The van der Waals surface area contributed by atoms with Gasteiger partial charge in [-0.05, 0) is 103 Å². The first-order valence-electron chi connectivity index (χ1n) is 15.2. The van der Waals surface area contributed by atoms with E-state index < -0.39 is 29.7 Å². The SMILES string of the molecule is CCCc1ccc2cc(C3CCC(C4CCC(COc5cc(F)c(C(F)(F)OC(F)(F)F)c(F)c5)CC4)CC3)ccc2c1. The van der Waals surface area contributed by atoms with Crippen LogP contribution in [-0.2, 0) is 17.3 Å². The van der Waals surface area contributed by atoms with Crippen LogP contribution in [0.4, 0.5) is 30.7 Å². The molecule has 234 valence electrons. The molecule has 2 nitrogen and oxygen atoms in total. The van der Waals surface area contributed by atoms with Crippen LogP contribution < -0.4 is 4.74 Å². The molecule has 0 aliphatic heterocycles. The molecule has 9 heteroatoms. The van der Waals surface area contributed by atoms with E-state index in [2.05, 4.69) is 48.1 Å². The van der Waals surface area contributed by atoms with E-state index in [1.807, 2.05) is 0 Å². The fourth-order valence-corrected chi connectivity index (χ4v) is 7.08. The lowest BCUT2D eigenvalue weighted by Gasteiger charge is -2.38. The Labute approximate surface area is 247 Å². The molecule has 0 aromatic heterocycles. The van der Waals surface area contributed by atoms with E-state index in [0.29, 0.717) is 29.9 Å². The topological polar surface area (TPSA) is 18.5 Å². The number of ether oxygens (including phenoxy) is 2. The van der Waals surface area contributed by atoms with Crippen molar-refractivity contribution in [1.82, 2.24) is 0 Å². The van der Waals surface area contributed by atoms with Gasteiger partial charge in [0.25, 0.3) is 0 Å². The molecule has 0 heterocycles. The predicted molar refractivity (Wildman–Crippen MR) is 151 cm³/mol. The third-order valence-corrected chi connectivity index (χ3v) is 9.30. The number of rotatable bonds is 9. The smallest absolute Gasteiger partial charge is 0.493 e. The summed E-state index contributed by atoms with van der Waals surface area (Å²) in [6.07, 6.45) is -0.185. The molecule has 0 amide bonds. The standard InChI is InChI=1S/C34H37F7O2/c1-2-3-21-4-9-28-17-27(15-14-26(28)16-21)25-12-10-24(11-13-25)23-7-5-22(6-8-23)20-42-29-18-30(35)32(31(36)19-29)33(37,38)43-34(39,40)41/h4,9,14-19,22-25H,2-3,5-8,10-13,20H2,1H3. The van der Waals surface area contributed by atoms with Gasteiger partial charge in [0.05, 0.1) is 6.61 Å². The number of benzene rings is 3. The van der Waals surface area contributed by atoms with Gasteiger partial charge in [-0.2, -0.15) is 8.78 Å². The maximum absolute atomic E-state index is 14.2. The number of aryl methyl sites for hydroxylation is 1. The Morgan fingerprint density at radius 1 is 0.721 bits per heavy atom. The number of hydrogen-bond acceptors (Lipinski definition) is 2. The number of halogens is 7. The van der Waals surface area contributed by atoms with Crippen LogP contribution >= 0.6 is 0 Å². The number of fused-ring (bicyclic) bond motifs is 1. The Kier molecular flexibility index (Phi) is 9.59. The molecule has 2 fully saturated rings. The van der Waals surface area contributed by atoms with E-state index in [0.717, 1.165) is 38.5 Å². The first kappa shape index (κ1) is 31.6.